The van der Waals surface area contributed by atoms with E-state index in [4.69, 9.17) is 11.6 Å². The van der Waals surface area contributed by atoms with E-state index in [0.717, 1.165) is 19.3 Å². The quantitative estimate of drug-likeness (QED) is 0.854. The van der Waals surface area contributed by atoms with Gasteiger partial charge in [0.1, 0.15) is 5.82 Å². The standard InChI is InChI=1S/C15H16ClN3O/c16-10-6-7-12-13(8-10)18-14(19-15(12)20)9-17-11-4-2-1-3-5-11/h1-2,6-8,11,17H,3-5,9H2,(H,18,19,20). The number of nitrogens with one attached hydrogen (secondary N) is 2. The lowest BCUT2D eigenvalue weighted by atomic mass is 10.0. The Morgan fingerprint density at radius 1 is 1.40 bits per heavy atom. The molecule has 0 aliphatic heterocycles. The molecule has 0 saturated heterocycles. The van der Waals surface area contributed by atoms with Crippen LogP contribution in [0.3, 0.4) is 0 Å². The summed E-state index contributed by atoms with van der Waals surface area (Å²) >= 11 is 5.95. The maximum atomic E-state index is 12.0. The normalized spacial score (nSPS) is 18.6. The molecule has 0 saturated carbocycles. The molecule has 0 spiro atoms. The van der Waals surface area contributed by atoms with Gasteiger partial charge in [0.05, 0.1) is 17.4 Å². The lowest BCUT2D eigenvalue weighted by Crippen LogP contribution is -2.30. The van der Waals surface area contributed by atoms with Gasteiger partial charge in [-0.3, -0.25) is 4.79 Å². The molecule has 2 aromatic rings. The maximum Gasteiger partial charge on any atom is 0.258 e. The first kappa shape index (κ1) is 13.3. The summed E-state index contributed by atoms with van der Waals surface area (Å²) in [5, 5.41) is 4.59. The van der Waals surface area contributed by atoms with E-state index in [1.807, 2.05) is 0 Å². The summed E-state index contributed by atoms with van der Waals surface area (Å²) in [5.41, 5.74) is 0.522. The van der Waals surface area contributed by atoms with Gasteiger partial charge in [-0.15, -0.1) is 0 Å². The van der Waals surface area contributed by atoms with Crippen molar-refractivity contribution in [1.82, 2.24) is 15.3 Å². The minimum atomic E-state index is -0.119. The Bertz CT molecular complexity index is 708. The summed E-state index contributed by atoms with van der Waals surface area (Å²) in [7, 11) is 0. The van der Waals surface area contributed by atoms with Gasteiger partial charge in [0.15, 0.2) is 0 Å². The van der Waals surface area contributed by atoms with Crippen LogP contribution in [0.25, 0.3) is 10.9 Å². The number of fused-ring (bicyclic) bond motifs is 1. The summed E-state index contributed by atoms with van der Waals surface area (Å²) in [6.45, 7) is 0.566. The summed E-state index contributed by atoms with van der Waals surface area (Å²) in [6.07, 6.45) is 7.66. The Morgan fingerprint density at radius 3 is 3.10 bits per heavy atom. The molecular weight excluding hydrogens is 274 g/mol. The molecule has 0 bridgehead atoms. The third-order valence-electron chi connectivity index (χ3n) is 3.54. The number of hydrogen-bond donors (Lipinski definition) is 2. The number of rotatable bonds is 3. The zero-order valence-electron chi connectivity index (χ0n) is 11.0. The lowest BCUT2D eigenvalue weighted by molar-refractivity contribution is 0.467. The fourth-order valence-electron chi connectivity index (χ4n) is 2.46. The van der Waals surface area contributed by atoms with Crippen LogP contribution in [0.5, 0.6) is 0 Å². The second-order valence-electron chi connectivity index (χ2n) is 5.04. The average molecular weight is 290 g/mol. The van der Waals surface area contributed by atoms with Crippen molar-refractivity contribution in [2.75, 3.05) is 0 Å². The molecular formula is C15H16ClN3O. The molecule has 1 aliphatic rings. The lowest BCUT2D eigenvalue weighted by Gasteiger charge is -2.18. The smallest absolute Gasteiger partial charge is 0.258 e. The predicted molar refractivity (Wildman–Crippen MR) is 81.0 cm³/mol. The molecule has 2 N–H and O–H groups in total. The molecule has 1 aromatic carbocycles. The number of aromatic nitrogens is 2. The first-order valence-corrected chi connectivity index (χ1v) is 7.17. The predicted octanol–water partition coefficient (Wildman–Crippen LogP) is 2.77. The summed E-state index contributed by atoms with van der Waals surface area (Å²) < 4.78 is 0. The number of benzene rings is 1. The minimum absolute atomic E-state index is 0.119. The van der Waals surface area contributed by atoms with Crippen molar-refractivity contribution in [3.05, 3.63) is 51.6 Å². The average Bonchev–Trinajstić information content (AvgIpc) is 2.46. The summed E-state index contributed by atoms with van der Waals surface area (Å²) in [5.74, 6) is 0.652. The first-order chi connectivity index (χ1) is 9.72. The van der Waals surface area contributed by atoms with E-state index in [1.165, 1.54) is 0 Å². The molecule has 3 rings (SSSR count). The van der Waals surface area contributed by atoms with Crippen molar-refractivity contribution >= 4 is 22.5 Å². The number of H-pyrrole nitrogens is 1. The zero-order chi connectivity index (χ0) is 13.9. The highest BCUT2D eigenvalue weighted by molar-refractivity contribution is 6.31. The van der Waals surface area contributed by atoms with Crippen molar-refractivity contribution in [2.24, 2.45) is 0 Å². The number of halogens is 1. The van der Waals surface area contributed by atoms with Gasteiger partial charge in [0, 0.05) is 11.1 Å². The van der Waals surface area contributed by atoms with Crippen molar-refractivity contribution in [2.45, 2.75) is 31.8 Å². The van der Waals surface area contributed by atoms with E-state index in [9.17, 15) is 4.79 Å². The Balaban J connectivity index is 1.81. The molecule has 1 atom stereocenters. The number of hydrogen-bond acceptors (Lipinski definition) is 3. The fraction of sp³-hybridized carbons (Fsp3) is 0.333. The van der Waals surface area contributed by atoms with Crippen LogP contribution in [0.4, 0.5) is 0 Å². The Labute approximate surface area is 121 Å². The molecule has 1 aromatic heterocycles. The van der Waals surface area contributed by atoms with Crippen molar-refractivity contribution in [1.29, 1.82) is 0 Å². The highest BCUT2D eigenvalue weighted by atomic mass is 35.5. The molecule has 4 nitrogen and oxygen atoms in total. The second-order valence-corrected chi connectivity index (χ2v) is 5.47. The highest BCUT2D eigenvalue weighted by Gasteiger charge is 2.10. The van der Waals surface area contributed by atoms with Crippen molar-refractivity contribution in [3.63, 3.8) is 0 Å². The van der Waals surface area contributed by atoms with Crippen molar-refractivity contribution < 1.29 is 0 Å². The molecule has 1 aliphatic carbocycles. The molecule has 104 valence electrons. The largest absolute Gasteiger partial charge is 0.309 e. The topological polar surface area (TPSA) is 57.8 Å². The van der Waals surface area contributed by atoms with E-state index in [1.54, 1.807) is 18.2 Å². The van der Waals surface area contributed by atoms with E-state index < -0.39 is 0 Å². The third kappa shape index (κ3) is 2.92. The van der Waals surface area contributed by atoms with Crippen LogP contribution >= 0.6 is 11.6 Å². The summed E-state index contributed by atoms with van der Waals surface area (Å²) in [6, 6.07) is 5.58. The van der Waals surface area contributed by atoms with Gasteiger partial charge in [-0.25, -0.2) is 4.98 Å². The fourth-order valence-corrected chi connectivity index (χ4v) is 2.63. The number of nitrogens with zero attached hydrogens (tertiary/aromatic N) is 1. The van der Waals surface area contributed by atoms with Gasteiger partial charge >= 0.3 is 0 Å². The van der Waals surface area contributed by atoms with Crippen LogP contribution in [-0.2, 0) is 6.54 Å². The van der Waals surface area contributed by atoms with Crippen LogP contribution in [0.2, 0.25) is 5.02 Å². The van der Waals surface area contributed by atoms with Gasteiger partial charge in [-0.2, -0.15) is 0 Å². The molecule has 0 radical (unpaired) electrons. The van der Waals surface area contributed by atoms with Gasteiger partial charge < -0.3 is 10.3 Å². The second kappa shape index (κ2) is 5.77. The Kier molecular flexibility index (Phi) is 3.85. The van der Waals surface area contributed by atoms with E-state index in [-0.39, 0.29) is 5.56 Å². The van der Waals surface area contributed by atoms with Crippen LogP contribution < -0.4 is 10.9 Å². The first-order valence-electron chi connectivity index (χ1n) is 6.79. The maximum absolute atomic E-state index is 12.0. The van der Waals surface area contributed by atoms with Gasteiger partial charge in [-0.05, 0) is 37.5 Å². The highest BCUT2D eigenvalue weighted by Crippen LogP contribution is 2.15. The van der Waals surface area contributed by atoms with Crippen LogP contribution in [0, 0.1) is 0 Å². The number of allylic oxidation sites excluding steroid dienone is 1. The number of aromatic amines is 1. The van der Waals surface area contributed by atoms with Crippen molar-refractivity contribution in [3.8, 4) is 0 Å². The van der Waals surface area contributed by atoms with E-state index >= 15 is 0 Å². The SMILES string of the molecule is O=c1[nH]c(CNC2CC=CCC2)nc2cc(Cl)ccc12. The Morgan fingerprint density at radius 2 is 2.30 bits per heavy atom. The van der Waals surface area contributed by atoms with Crippen LogP contribution in [-0.4, -0.2) is 16.0 Å². The monoisotopic (exact) mass is 289 g/mol. The van der Waals surface area contributed by atoms with Gasteiger partial charge in [0.2, 0.25) is 0 Å². The molecule has 5 heteroatoms. The molecule has 20 heavy (non-hydrogen) atoms. The van der Waals surface area contributed by atoms with Gasteiger partial charge in [0.25, 0.3) is 5.56 Å². The van der Waals surface area contributed by atoms with E-state index in [2.05, 4.69) is 27.4 Å². The molecule has 0 fully saturated rings. The molecule has 1 heterocycles. The third-order valence-corrected chi connectivity index (χ3v) is 3.78. The Hall–Kier alpha value is -1.65. The molecule has 0 amide bonds. The van der Waals surface area contributed by atoms with Gasteiger partial charge in [-0.1, -0.05) is 23.8 Å². The minimum Gasteiger partial charge on any atom is -0.309 e. The van der Waals surface area contributed by atoms with E-state index in [0.29, 0.717) is 34.3 Å². The summed E-state index contributed by atoms with van der Waals surface area (Å²) in [4.78, 5) is 19.3. The zero-order valence-corrected chi connectivity index (χ0v) is 11.8. The van der Waals surface area contributed by atoms with Crippen LogP contribution in [0.15, 0.2) is 35.1 Å². The van der Waals surface area contributed by atoms with Crippen LogP contribution in [0.1, 0.15) is 25.1 Å². The molecule has 1 unspecified atom stereocenters.